The van der Waals surface area contributed by atoms with E-state index >= 15 is 0 Å². The minimum atomic E-state index is -0.175. The first kappa shape index (κ1) is 22.9. The van der Waals surface area contributed by atoms with Gasteiger partial charge in [-0.05, 0) is 49.2 Å². The molecule has 0 bridgehead atoms. The van der Waals surface area contributed by atoms with Crippen LogP contribution in [-0.2, 0) is 11.2 Å². The highest BCUT2D eigenvalue weighted by molar-refractivity contribution is 6.31. The highest BCUT2D eigenvalue weighted by Crippen LogP contribution is 2.23. The first-order valence-corrected chi connectivity index (χ1v) is 11.3. The normalized spacial score (nSPS) is 14.2. The molecule has 2 heterocycles. The first-order chi connectivity index (χ1) is 15.9. The van der Waals surface area contributed by atoms with Gasteiger partial charge in [0, 0.05) is 37.3 Å². The van der Waals surface area contributed by atoms with Crippen LogP contribution in [0.25, 0.3) is 5.69 Å². The van der Waals surface area contributed by atoms with E-state index in [4.69, 9.17) is 16.3 Å². The van der Waals surface area contributed by atoms with Crippen molar-refractivity contribution >= 4 is 23.3 Å². The molecule has 0 unspecified atom stereocenters. The molecule has 0 saturated carbocycles. The second-order valence-corrected chi connectivity index (χ2v) is 8.54. The van der Waals surface area contributed by atoms with Gasteiger partial charge in [-0.1, -0.05) is 35.4 Å². The van der Waals surface area contributed by atoms with Gasteiger partial charge in [0.2, 0.25) is 5.91 Å². The van der Waals surface area contributed by atoms with Crippen molar-refractivity contribution in [2.45, 2.75) is 19.8 Å². The number of carbonyl (C=O) groups excluding carboxylic acids is 1. The molecule has 33 heavy (non-hydrogen) atoms. The van der Waals surface area contributed by atoms with Gasteiger partial charge in [0.25, 0.3) is 5.56 Å². The number of rotatable bonds is 5. The monoisotopic (exact) mass is 466 g/mol. The summed E-state index contributed by atoms with van der Waals surface area (Å²) in [4.78, 5) is 29.3. The fourth-order valence-corrected chi connectivity index (χ4v) is 4.15. The van der Waals surface area contributed by atoms with E-state index in [0.717, 1.165) is 35.6 Å². The Morgan fingerprint density at radius 1 is 1.03 bits per heavy atom. The van der Waals surface area contributed by atoms with Gasteiger partial charge in [-0.15, -0.1) is 5.10 Å². The maximum atomic E-state index is 12.9. The molecule has 0 atom stereocenters. The van der Waals surface area contributed by atoms with Gasteiger partial charge in [-0.2, -0.15) is 4.68 Å². The molecule has 1 aliphatic heterocycles. The van der Waals surface area contributed by atoms with Crippen LogP contribution in [0.15, 0.2) is 59.4 Å². The van der Waals surface area contributed by atoms with Crippen molar-refractivity contribution < 1.29 is 9.53 Å². The number of nitrogens with zero attached hydrogens (tertiary/aromatic N) is 4. The van der Waals surface area contributed by atoms with Crippen molar-refractivity contribution in [2.24, 2.45) is 0 Å². The molecule has 0 N–H and O–H groups in total. The molecule has 172 valence electrons. The molecule has 2 aromatic carbocycles. The summed E-state index contributed by atoms with van der Waals surface area (Å²) in [7, 11) is 1.58. The van der Waals surface area contributed by atoms with Gasteiger partial charge in [0.05, 0.1) is 19.2 Å². The summed E-state index contributed by atoms with van der Waals surface area (Å²) < 4.78 is 6.60. The third kappa shape index (κ3) is 5.37. The van der Waals surface area contributed by atoms with Gasteiger partial charge in [0.15, 0.2) is 0 Å². The number of aromatic nitrogens is 2. The Balaban J connectivity index is 1.45. The van der Waals surface area contributed by atoms with E-state index in [9.17, 15) is 9.59 Å². The summed E-state index contributed by atoms with van der Waals surface area (Å²) in [6.07, 6.45) is 1.06. The number of amides is 1. The summed E-state index contributed by atoms with van der Waals surface area (Å²) in [5.74, 6) is 1.44. The van der Waals surface area contributed by atoms with Crippen molar-refractivity contribution in [1.29, 1.82) is 0 Å². The van der Waals surface area contributed by atoms with Crippen molar-refractivity contribution in [3.63, 3.8) is 0 Å². The zero-order valence-corrected chi connectivity index (χ0v) is 19.6. The first-order valence-electron chi connectivity index (χ1n) is 11.0. The van der Waals surface area contributed by atoms with Crippen molar-refractivity contribution in [3.8, 4) is 11.4 Å². The number of methoxy groups -OCH3 is 1. The number of benzene rings is 2. The fourth-order valence-electron chi connectivity index (χ4n) is 3.91. The molecule has 1 fully saturated rings. The Labute approximate surface area is 198 Å². The Morgan fingerprint density at radius 2 is 1.82 bits per heavy atom. The second-order valence-electron chi connectivity index (χ2n) is 8.13. The molecular formula is C25H27ClN4O3. The molecule has 1 saturated heterocycles. The Bertz CT molecular complexity index is 1190. The summed E-state index contributed by atoms with van der Waals surface area (Å²) in [6.45, 7) is 4.65. The van der Waals surface area contributed by atoms with Crippen LogP contribution in [0, 0.1) is 6.92 Å². The lowest BCUT2D eigenvalue weighted by Crippen LogP contribution is -2.36. The summed E-state index contributed by atoms with van der Waals surface area (Å²) in [5, 5.41) is 5.13. The number of hydrogen-bond acceptors (Lipinski definition) is 5. The van der Waals surface area contributed by atoms with Crippen molar-refractivity contribution in [3.05, 3.63) is 81.1 Å². The van der Waals surface area contributed by atoms with Crippen LogP contribution in [0.1, 0.15) is 17.5 Å². The third-order valence-corrected chi connectivity index (χ3v) is 6.19. The number of carbonyl (C=O) groups is 1. The lowest BCUT2D eigenvalue weighted by Gasteiger charge is -2.23. The Kier molecular flexibility index (Phi) is 6.99. The zero-order chi connectivity index (χ0) is 23.4. The highest BCUT2D eigenvalue weighted by Gasteiger charge is 2.21. The molecule has 0 spiro atoms. The largest absolute Gasteiger partial charge is 0.497 e. The number of aryl methyl sites for hydroxylation is 1. The van der Waals surface area contributed by atoms with E-state index in [2.05, 4.69) is 10.00 Å². The van der Waals surface area contributed by atoms with Gasteiger partial charge < -0.3 is 14.5 Å². The third-order valence-electron chi connectivity index (χ3n) is 5.84. The number of ether oxygens (including phenoxy) is 1. The number of anilines is 1. The van der Waals surface area contributed by atoms with Gasteiger partial charge in [0.1, 0.15) is 11.6 Å². The predicted octanol–water partition coefficient (Wildman–Crippen LogP) is 3.48. The average Bonchev–Trinajstić information content (AvgIpc) is 3.08. The number of halogens is 1. The second kappa shape index (κ2) is 10.1. The Hall–Kier alpha value is -3.32. The molecule has 1 amide bonds. The molecular weight excluding hydrogens is 440 g/mol. The lowest BCUT2D eigenvalue weighted by molar-refractivity contribution is -0.130. The molecule has 1 aliphatic rings. The van der Waals surface area contributed by atoms with Crippen LogP contribution in [-0.4, -0.2) is 53.9 Å². The molecule has 0 aliphatic carbocycles. The SMILES string of the molecule is COc1ccc(CC(=O)N2CCCN(c3ccc(=O)n(-c4ccc(C)cc4)n3)CC2)c(Cl)c1. The van der Waals surface area contributed by atoms with E-state index in [0.29, 0.717) is 30.4 Å². The molecule has 0 radical (unpaired) electrons. The van der Waals surface area contributed by atoms with E-state index in [1.165, 1.54) is 4.68 Å². The van der Waals surface area contributed by atoms with Gasteiger partial charge >= 0.3 is 0 Å². The predicted molar refractivity (Wildman–Crippen MR) is 130 cm³/mol. The van der Waals surface area contributed by atoms with E-state index in [1.54, 1.807) is 25.3 Å². The maximum absolute atomic E-state index is 12.9. The van der Waals surface area contributed by atoms with Crippen LogP contribution in [0.2, 0.25) is 5.02 Å². The van der Waals surface area contributed by atoms with Crippen LogP contribution in [0.3, 0.4) is 0 Å². The summed E-state index contributed by atoms with van der Waals surface area (Å²) in [5.41, 5.74) is 2.47. The standard InChI is InChI=1S/C25H27ClN4O3/c1-18-4-7-20(8-5-18)30-24(31)11-10-23(27-30)28-12-3-13-29(15-14-28)25(32)16-19-6-9-21(33-2)17-22(19)26/h4-11,17H,3,12-16H2,1-2H3. The molecule has 7 nitrogen and oxygen atoms in total. The minimum Gasteiger partial charge on any atom is -0.497 e. The summed E-state index contributed by atoms with van der Waals surface area (Å²) in [6, 6.07) is 16.4. The number of hydrogen-bond donors (Lipinski definition) is 0. The minimum absolute atomic E-state index is 0.0431. The maximum Gasteiger partial charge on any atom is 0.271 e. The topological polar surface area (TPSA) is 67.7 Å². The van der Waals surface area contributed by atoms with Crippen molar-refractivity contribution in [1.82, 2.24) is 14.7 Å². The van der Waals surface area contributed by atoms with E-state index in [1.807, 2.05) is 48.2 Å². The zero-order valence-electron chi connectivity index (χ0n) is 18.8. The molecule has 3 aromatic rings. The summed E-state index contributed by atoms with van der Waals surface area (Å²) >= 11 is 6.32. The highest BCUT2D eigenvalue weighted by atomic mass is 35.5. The van der Waals surface area contributed by atoms with Crippen molar-refractivity contribution in [2.75, 3.05) is 38.2 Å². The van der Waals surface area contributed by atoms with E-state index < -0.39 is 0 Å². The van der Waals surface area contributed by atoms with Crippen LogP contribution < -0.4 is 15.2 Å². The van der Waals surface area contributed by atoms with Gasteiger partial charge in [-0.3, -0.25) is 9.59 Å². The molecule has 4 rings (SSSR count). The van der Waals surface area contributed by atoms with E-state index in [-0.39, 0.29) is 17.9 Å². The Morgan fingerprint density at radius 3 is 2.55 bits per heavy atom. The quantitative estimate of drug-likeness (QED) is 0.576. The lowest BCUT2D eigenvalue weighted by atomic mass is 10.1. The average molecular weight is 467 g/mol. The molecule has 1 aromatic heterocycles. The van der Waals surface area contributed by atoms with Crippen LogP contribution >= 0.6 is 11.6 Å². The smallest absolute Gasteiger partial charge is 0.271 e. The van der Waals surface area contributed by atoms with Crippen LogP contribution in [0.4, 0.5) is 5.82 Å². The molecule has 8 heteroatoms. The fraction of sp³-hybridized carbons (Fsp3) is 0.320. The van der Waals surface area contributed by atoms with Crippen LogP contribution in [0.5, 0.6) is 5.75 Å². The van der Waals surface area contributed by atoms with Gasteiger partial charge in [-0.25, -0.2) is 0 Å².